The minimum absolute atomic E-state index is 0.713. The zero-order valence-electron chi connectivity index (χ0n) is 13.1. The third kappa shape index (κ3) is 7.30. The molecule has 0 unspecified atom stereocenters. The largest absolute Gasteiger partial charge is 0.457 e. The van der Waals surface area contributed by atoms with Crippen LogP contribution in [0, 0.1) is 0 Å². The minimum atomic E-state index is 0.713. The highest BCUT2D eigenvalue weighted by Gasteiger charge is 2.04. The smallest absolute Gasteiger partial charge is 0.130 e. The van der Waals surface area contributed by atoms with Gasteiger partial charge in [-0.2, -0.15) is 0 Å². The monoisotopic (exact) mass is 260 g/mol. The van der Waals surface area contributed by atoms with Crippen LogP contribution >= 0.6 is 0 Å². The van der Waals surface area contributed by atoms with Crippen LogP contribution in [0.4, 0.5) is 0 Å². The molecule has 0 aromatic heterocycles. The predicted octanol–water partition coefficient (Wildman–Crippen LogP) is 6.10. The highest BCUT2D eigenvalue weighted by atomic mass is 16.5. The molecule has 0 spiro atoms. The number of allylic oxidation sites excluding steroid dienone is 7. The van der Waals surface area contributed by atoms with Crippen LogP contribution in [-0.2, 0) is 4.74 Å². The number of hydrogen-bond donors (Lipinski definition) is 0. The minimum Gasteiger partial charge on any atom is -0.457 e. The Labute approximate surface area is 119 Å². The van der Waals surface area contributed by atoms with E-state index >= 15 is 0 Å². The van der Waals surface area contributed by atoms with E-state index < -0.39 is 0 Å². The number of rotatable bonds is 7. The van der Waals surface area contributed by atoms with Crippen LogP contribution in [0.1, 0.15) is 41.0 Å². The Morgan fingerprint density at radius 1 is 1.00 bits per heavy atom. The van der Waals surface area contributed by atoms with Gasteiger partial charge in [0.05, 0.1) is 0 Å². The Balaban J connectivity index is 0. The molecule has 106 valence electrons. The standard InChI is InChI=1S/C16H22O.C2H6/c1-7-12-14(9-3)16(11-5)17-15(10-4)13(6)8-2;1-2/h7-8,10-12H,2,4-5,9H2,1,3,6H3;1-2H3/b12-7-,15-13+,16-14+;. The van der Waals surface area contributed by atoms with E-state index in [1.165, 1.54) is 0 Å². The Morgan fingerprint density at radius 2 is 1.53 bits per heavy atom. The number of hydrogen-bond acceptors (Lipinski definition) is 1. The van der Waals surface area contributed by atoms with E-state index in [1.54, 1.807) is 18.2 Å². The SMILES string of the molecule is C=C/C(C)=C(\C=C)O/C(C=C)=C(/C=C\C)CC.CC. The maximum Gasteiger partial charge on any atom is 0.130 e. The predicted molar refractivity (Wildman–Crippen MR) is 87.9 cm³/mol. The van der Waals surface area contributed by atoms with Gasteiger partial charge >= 0.3 is 0 Å². The zero-order valence-corrected chi connectivity index (χ0v) is 13.1. The first-order chi connectivity index (χ1) is 9.14. The molecule has 0 saturated heterocycles. The fourth-order valence-electron chi connectivity index (χ4n) is 1.32. The van der Waals surface area contributed by atoms with Crippen molar-refractivity contribution in [2.75, 3.05) is 0 Å². The first-order valence-corrected chi connectivity index (χ1v) is 6.76. The molecule has 0 saturated carbocycles. The van der Waals surface area contributed by atoms with Crippen molar-refractivity contribution in [1.82, 2.24) is 0 Å². The summed E-state index contributed by atoms with van der Waals surface area (Å²) in [5, 5.41) is 0. The molecular formula is C18H28O. The molecule has 0 bridgehead atoms. The van der Waals surface area contributed by atoms with Crippen LogP contribution in [0.3, 0.4) is 0 Å². The van der Waals surface area contributed by atoms with Crippen LogP contribution in [0.25, 0.3) is 0 Å². The van der Waals surface area contributed by atoms with Crippen LogP contribution < -0.4 is 0 Å². The summed E-state index contributed by atoms with van der Waals surface area (Å²) in [7, 11) is 0. The highest BCUT2D eigenvalue weighted by Crippen LogP contribution is 2.19. The summed E-state index contributed by atoms with van der Waals surface area (Å²) in [5.41, 5.74) is 2.06. The van der Waals surface area contributed by atoms with E-state index in [1.807, 2.05) is 39.8 Å². The molecule has 1 heteroatoms. The summed E-state index contributed by atoms with van der Waals surface area (Å²) in [4.78, 5) is 0. The van der Waals surface area contributed by atoms with Crippen molar-refractivity contribution >= 4 is 0 Å². The lowest BCUT2D eigenvalue weighted by atomic mass is 10.1. The van der Waals surface area contributed by atoms with Gasteiger partial charge in [0.25, 0.3) is 0 Å². The first-order valence-electron chi connectivity index (χ1n) is 6.76. The molecule has 0 aromatic carbocycles. The molecule has 0 fully saturated rings. The molecule has 0 aliphatic carbocycles. The Bertz CT molecular complexity index is 378. The maximum absolute atomic E-state index is 5.81. The van der Waals surface area contributed by atoms with Crippen LogP contribution in [-0.4, -0.2) is 0 Å². The van der Waals surface area contributed by atoms with E-state index in [-0.39, 0.29) is 0 Å². The Hall–Kier alpha value is -1.76. The fourth-order valence-corrected chi connectivity index (χ4v) is 1.32. The summed E-state index contributed by atoms with van der Waals surface area (Å²) in [5.74, 6) is 1.48. The summed E-state index contributed by atoms with van der Waals surface area (Å²) >= 11 is 0. The average Bonchev–Trinajstić information content (AvgIpc) is 2.48. The second-order valence-electron chi connectivity index (χ2n) is 3.50. The van der Waals surface area contributed by atoms with E-state index in [0.717, 1.165) is 23.3 Å². The Kier molecular flexibility index (Phi) is 13.1. The van der Waals surface area contributed by atoms with Gasteiger partial charge in [-0.15, -0.1) is 0 Å². The normalized spacial score (nSPS) is 12.7. The van der Waals surface area contributed by atoms with Gasteiger partial charge < -0.3 is 4.74 Å². The fraction of sp³-hybridized carbons (Fsp3) is 0.333. The van der Waals surface area contributed by atoms with Gasteiger partial charge in [0, 0.05) is 0 Å². The van der Waals surface area contributed by atoms with Crippen LogP contribution in [0.15, 0.2) is 72.8 Å². The molecule has 0 radical (unpaired) electrons. The lowest BCUT2D eigenvalue weighted by Crippen LogP contribution is -1.95. The highest BCUT2D eigenvalue weighted by molar-refractivity contribution is 5.32. The lowest BCUT2D eigenvalue weighted by Gasteiger charge is -2.12. The summed E-state index contributed by atoms with van der Waals surface area (Å²) < 4.78 is 5.81. The van der Waals surface area contributed by atoms with Gasteiger partial charge in [-0.25, -0.2) is 0 Å². The van der Waals surface area contributed by atoms with Gasteiger partial charge in [0.2, 0.25) is 0 Å². The second-order valence-corrected chi connectivity index (χ2v) is 3.50. The van der Waals surface area contributed by atoms with Crippen molar-refractivity contribution in [1.29, 1.82) is 0 Å². The van der Waals surface area contributed by atoms with Crippen molar-refractivity contribution in [3.63, 3.8) is 0 Å². The first kappa shape index (κ1) is 19.6. The zero-order chi connectivity index (χ0) is 15.3. The number of ether oxygens (including phenoxy) is 1. The molecule has 19 heavy (non-hydrogen) atoms. The summed E-state index contributed by atoms with van der Waals surface area (Å²) in [6.07, 6.45) is 10.1. The van der Waals surface area contributed by atoms with Crippen molar-refractivity contribution in [3.8, 4) is 0 Å². The molecule has 0 N–H and O–H groups in total. The lowest BCUT2D eigenvalue weighted by molar-refractivity contribution is 0.328. The van der Waals surface area contributed by atoms with Gasteiger partial charge in [0.1, 0.15) is 11.5 Å². The van der Waals surface area contributed by atoms with Gasteiger partial charge in [-0.05, 0) is 43.6 Å². The molecule has 0 heterocycles. The van der Waals surface area contributed by atoms with Crippen molar-refractivity contribution < 1.29 is 4.74 Å². The topological polar surface area (TPSA) is 9.23 Å². The van der Waals surface area contributed by atoms with E-state index in [2.05, 4.69) is 26.7 Å². The summed E-state index contributed by atoms with van der Waals surface area (Å²) in [6, 6.07) is 0. The Morgan fingerprint density at radius 3 is 1.84 bits per heavy atom. The van der Waals surface area contributed by atoms with Gasteiger partial charge in [0.15, 0.2) is 0 Å². The van der Waals surface area contributed by atoms with Crippen molar-refractivity contribution in [2.45, 2.75) is 41.0 Å². The molecule has 1 nitrogen and oxygen atoms in total. The van der Waals surface area contributed by atoms with E-state index in [9.17, 15) is 0 Å². The van der Waals surface area contributed by atoms with Gasteiger partial charge in [-0.3, -0.25) is 0 Å². The molecule has 0 aromatic rings. The molecular weight excluding hydrogens is 232 g/mol. The van der Waals surface area contributed by atoms with Crippen molar-refractivity contribution in [2.24, 2.45) is 0 Å². The third-order valence-electron chi connectivity index (χ3n) is 2.35. The third-order valence-corrected chi connectivity index (χ3v) is 2.35. The molecule has 0 atom stereocenters. The van der Waals surface area contributed by atoms with E-state index in [4.69, 9.17) is 4.74 Å². The maximum atomic E-state index is 5.81. The van der Waals surface area contributed by atoms with Gasteiger partial charge in [-0.1, -0.05) is 58.7 Å². The quantitative estimate of drug-likeness (QED) is 0.397. The van der Waals surface area contributed by atoms with Crippen LogP contribution in [0.2, 0.25) is 0 Å². The molecule has 0 rings (SSSR count). The second kappa shape index (κ2) is 12.7. The molecule has 0 aliphatic rings. The molecule has 0 aliphatic heterocycles. The average molecular weight is 260 g/mol. The van der Waals surface area contributed by atoms with Crippen LogP contribution in [0.5, 0.6) is 0 Å². The summed E-state index contributed by atoms with van der Waals surface area (Å²) in [6.45, 7) is 21.3. The van der Waals surface area contributed by atoms with E-state index in [0.29, 0.717) is 5.76 Å². The van der Waals surface area contributed by atoms with Crippen molar-refractivity contribution in [3.05, 3.63) is 72.8 Å². The molecule has 0 amide bonds.